The molecule has 0 unspecified atom stereocenters. The van der Waals surface area contributed by atoms with Gasteiger partial charge in [0.05, 0.1) is 11.9 Å². The molecule has 0 aliphatic heterocycles. The maximum atomic E-state index is 10.8. The molecule has 0 radical (unpaired) electrons. The Kier molecular flexibility index (Phi) is 3.01. The van der Waals surface area contributed by atoms with E-state index in [2.05, 4.69) is 9.17 Å². The van der Waals surface area contributed by atoms with Crippen molar-refractivity contribution in [2.75, 3.05) is 6.26 Å². The van der Waals surface area contributed by atoms with Crippen molar-refractivity contribution in [1.29, 1.82) is 0 Å². The summed E-state index contributed by atoms with van der Waals surface area (Å²) < 4.78 is 26.3. The molecule has 6 heteroatoms. The van der Waals surface area contributed by atoms with Crippen molar-refractivity contribution in [2.24, 2.45) is 0 Å². The van der Waals surface area contributed by atoms with E-state index < -0.39 is 15.7 Å². The number of nitrogens with zero attached hydrogens (tertiary/aromatic N) is 1. The fraction of sp³-hybridized carbons (Fsp3) is 0.444. The van der Waals surface area contributed by atoms with Gasteiger partial charge in [-0.05, 0) is 19.9 Å². The van der Waals surface area contributed by atoms with Crippen LogP contribution in [0.25, 0.3) is 0 Å². The Bertz CT molecular complexity index is 447. The maximum Gasteiger partial charge on any atom is 0.307 e. The zero-order valence-electron chi connectivity index (χ0n) is 8.76. The molecule has 0 bridgehead atoms. The fourth-order valence-electron chi connectivity index (χ4n) is 0.957. The van der Waals surface area contributed by atoms with E-state index in [9.17, 15) is 13.5 Å². The predicted octanol–water partition coefficient (Wildman–Crippen LogP) is 0.647. The molecular formula is C9H13NO4S. The van der Waals surface area contributed by atoms with Gasteiger partial charge in [0.15, 0.2) is 0 Å². The van der Waals surface area contributed by atoms with E-state index in [0.29, 0.717) is 5.69 Å². The molecule has 0 aliphatic rings. The van der Waals surface area contributed by atoms with Gasteiger partial charge < -0.3 is 9.29 Å². The Morgan fingerprint density at radius 1 is 1.40 bits per heavy atom. The lowest BCUT2D eigenvalue weighted by molar-refractivity contribution is 0.0734. The van der Waals surface area contributed by atoms with Gasteiger partial charge in [0, 0.05) is 6.07 Å². The van der Waals surface area contributed by atoms with Gasteiger partial charge >= 0.3 is 10.1 Å². The van der Waals surface area contributed by atoms with Crippen molar-refractivity contribution in [3.8, 4) is 5.88 Å². The number of hydrogen-bond donors (Lipinski definition) is 1. The summed E-state index contributed by atoms with van der Waals surface area (Å²) in [5.41, 5.74) is -0.778. The van der Waals surface area contributed by atoms with E-state index in [0.717, 1.165) is 6.26 Å². The van der Waals surface area contributed by atoms with E-state index in [1.54, 1.807) is 26.0 Å². The largest absolute Gasteiger partial charge is 0.384 e. The zero-order valence-corrected chi connectivity index (χ0v) is 9.58. The lowest BCUT2D eigenvalue weighted by Crippen LogP contribution is -2.18. The van der Waals surface area contributed by atoms with Crippen LogP contribution in [0.4, 0.5) is 0 Å². The highest BCUT2D eigenvalue weighted by Gasteiger charge is 2.18. The second-order valence-electron chi connectivity index (χ2n) is 3.71. The first-order valence-corrected chi connectivity index (χ1v) is 6.09. The summed E-state index contributed by atoms with van der Waals surface area (Å²) in [7, 11) is -3.58. The summed E-state index contributed by atoms with van der Waals surface area (Å²) in [5, 5.41) is 9.64. The summed E-state index contributed by atoms with van der Waals surface area (Å²) in [6.45, 7) is 3.11. The van der Waals surface area contributed by atoms with Gasteiger partial charge in [-0.2, -0.15) is 8.42 Å². The van der Waals surface area contributed by atoms with Crippen LogP contribution in [0.15, 0.2) is 18.2 Å². The lowest BCUT2D eigenvalue weighted by atomic mass is 10.1. The molecule has 1 aromatic heterocycles. The van der Waals surface area contributed by atoms with Crippen molar-refractivity contribution in [3.63, 3.8) is 0 Å². The number of aliphatic hydroxyl groups is 1. The highest BCUT2D eigenvalue weighted by molar-refractivity contribution is 7.86. The van der Waals surface area contributed by atoms with Gasteiger partial charge in [-0.3, -0.25) is 0 Å². The molecule has 84 valence electrons. The Labute approximate surface area is 88.9 Å². The molecule has 0 atom stereocenters. The molecule has 0 aliphatic carbocycles. The first-order chi connectivity index (χ1) is 6.68. The Morgan fingerprint density at radius 2 is 2.00 bits per heavy atom. The maximum absolute atomic E-state index is 10.8. The van der Waals surface area contributed by atoms with Crippen molar-refractivity contribution in [2.45, 2.75) is 19.4 Å². The second-order valence-corrected chi connectivity index (χ2v) is 5.28. The fourth-order valence-corrected chi connectivity index (χ4v) is 1.36. The van der Waals surface area contributed by atoms with E-state index in [4.69, 9.17) is 0 Å². The van der Waals surface area contributed by atoms with Crippen LogP contribution in [-0.4, -0.2) is 24.8 Å². The second kappa shape index (κ2) is 3.79. The van der Waals surface area contributed by atoms with Crippen LogP contribution in [0.2, 0.25) is 0 Å². The van der Waals surface area contributed by atoms with Crippen LogP contribution in [0.1, 0.15) is 19.5 Å². The number of pyridine rings is 1. The SMILES string of the molecule is CC(C)(O)c1cccc(OS(C)(=O)=O)n1. The molecule has 0 saturated carbocycles. The molecule has 0 saturated heterocycles. The molecule has 0 spiro atoms. The molecule has 1 N–H and O–H groups in total. The monoisotopic (exact) mass is 231 g/mol. The summed E-state index contributed by atoms with van der Waals surface area (Å²) >= 11 is 0. The highest BCUT2D eigenvalue weighted by atomic mass is 32.2. The van der Waals surface area contributed by atoms with Crippen molar-refractivity contribution in [3.05, 3.63) is 23.9 Å². The molecule has 5 nitrogen and oxygen atoms in total. The number of hydrogen-bond acceptors (Lipinski definition) is 5. The van der Waals surface area contributed by atoms with Crippen LogP contribution in [0, 0.1) is 0 Å². The normalized spacial score (nSPS) is 12.5. The lowest BCUT2D eigenvalue weighted by Gasteiger charge is -2.16. The molecule has 0 fully saturated rings. The summed E-state index contributed by atoms with van der Waals surface area (Å²) in [5.74, 6) is -0.0443. The summed E-state index contributed by atoms with van der Waals surface area (Å²) in [6, 6.07) is 4.58. The highest BCUT2D eigenvalue weighted by Crippen LogP contribution is 2.20. The molecule has 15 heavy (non-hydrogen) atoms. The minimum absolute atomic E-state index is 0.0443. The smallest absolute Gasteiger partial charge is 0.307 e. The minimum atomic E-state index is -3.58. The summed E-state index contributed by atoms with van der Waals surface area (Å²) in [4.78, 5) is 3.88. The van der Waals surface area contributed by atoms with E-state index in [1.165, 1.54) is 6.07 Å². The minimum Gasteiger partial charge on any atom is -0.384 e. The van der Waals surface area contributed by atoms with Gasteiger partial charge in [-0.25, -0.2) is 4.98 Å². The molecule has 1 aromatic rings. The Morgan fingerprint density at radius 3 is 2.47 bits per heavy atom. The van der Waals surface area contributed by atoms with E-state index in [-0.39, 0.29) is 5.88 Å². The van der Waals surface area contributed by atoms with Gasteiger partial charge in [0.25, 0.3) is 0 Å². The molecule has 1 rings (SSSR count). The van der Waals surface area contributed by atoms with E-state index >= 15 is 0 Å². The first-order valence-electron chi connectivity index (χ1n) is 4.28. The Hall–Kier alpha value is -1.14. The predicted molar refractivity (Wildman–Crippen MR) is 55.0 cm³/mol. The van der Waals surface area contributed by atoms with Crippen LogP contribution in [-0.2, 0) is 15.7 Å². The van der Waals surface area contributed by atoms with Gasteiger partial charge in [-0.1, -0.05) is 6.07 Å². The van der Waals surface area contributed by atoms with Gasteiger partial charge in [-0.15, -0.1) is 0 Å². The first kappa shape index (κ1) is 11.9. The zero-order chi connectivity index (χ0) is 11.7. The van der Waals surface area contributed by atoms with Crippen LogP contribution >= 0.6 is 0 Å². The third-order valence-electron chi connectivity index (χ3n) is 1.59. The van der Waals surface area contributed by atoms with Gasteiger partial charge in [0.2, 0.25) is 5.88 Å². The molecular weight excluding hydrogens is 218 g/mol. The average Bonchev–Trinajstić information content (AvgIpc) is 1.99. The topological polar surface area (TPSA) is 76.5 Å². The van der Waals surface area contributed by atoms with Crippen molar-refractivity contribution in [1.82, 2.24) is 4.98 Å². The average molecular weight is 231 g/mol. The standard InChI is InChI=1S/C9H13NO4S/c1-9(2,11)7-5-4-6-8(10-7)14-15(3,12)13/h4-6,11H,1-3H3. The molecule has 0 amide bonds. The van der Waals surface area contributed by atoms with Crippen LogP contribution in [0.5, 0.6) is 5.88 Å². The van der Waals surface area contributed by atoms with E-state index in [1.807, 2.05) is 0 Å². The quantitative estimate of drug-likeness (QED) is 0.773. The van der Waals surface area contributed by atoms with Gasteiger partial charge in [0.1, 0.15) is 5.60 Å². The molecule has 0 aromatic carbocycles. The van der Waals surface area contributed by atoms with Crippen molar-refractivity contribution < 1.29 is 17.7 Å². The van der Waals surface area contributed by atoms with Crippen molar-refractivity contribution >= 4 is 10.1 Å². The third kappa shape index (κ3) is 3.85. The third-order valence-corrected chi connectivity index (χ3v) is 2.06. The Balaban J connectivity index is 3.04. The van der Waals surface area contributed by atoms with Crippen LogP contribution < -0.4 is 4.18 Å². The summed E-state index contributed by atoms with van der Waals surface area (Å²) in [6.07, 6.45) is 0.936. The molecule has 1 heterocycles. The number of rotatable bonds is 3. The number of aromatic nitrogens is 1. The van der Waals surface area contributed by atoms with Crippen LogP contribution in [0.3, 0.4) is 0 Å².